The highest BCUT2D eigenvalue weighted by atomic mass is 16.2. The van der Waals surface area contributed by atoms with Crippen LogP contribution in [0.1, 0.15) is 46.6 Å². The molecule has 3 rings (SSSR count). The van der Waals surface area contributed by atoms with E-state index < -0.39 is 11.8 Å². The lowest BCUT2D eigenvalue weighted by atomic mass is 10.1. The van der Waals surface area contributed by atoms with Gasteiger partial charge in [0, 0.05) is 22.6 Å². The van der Waals surface area contributed by atoms with Crippen LogP contribution >= 0.6 is 0 Å². The van der Waals surface area contributed by atoms with E-state index in [1.54, 1.807) is 6.21 Å². The van der Waals surface area contributed by atoms with Crippen LogP contribution in [0.25, 0.3) is 5.69 Å². The van der Waals surface area contributed by atoms with E-state index in [0.29, 0.717) is 0 Å². The molecule has 2 amide bonds. The lowest BCUT2D eigenvalue weighted by Crippen LogP contribution is -2.39. The number of carbonyl (C=O) groups is 2. The highest BCUT2D eigenvalue weighted by Gasteiger charge is 2.17. The molecule has 3 aromatic rings. The van der Waals surface area contributed by atoms with Crippen LogP contribution in [0.5, 0.6) is 0 Å². The van der Waals surface area contributed by atoms with Crippen LogP contribution in [0, 0.1) is 27.7 Å². The Balaban J connectivity index is 1.68. The van der Waals surface area contributed by atoms with E-state index >= 15 is 0 Å². The van der Waals surface area contributed by atoms with Crippen LogP contribution < -0.4 is 10.7 Å². The lowest BCUT2D eigenvalue weighted by molar-refractivity contribution is -0.139. The maximum absolute atomic E-state index is 12.1. The summed E-state index contributed by atoms with van der Waals surface area (Å²) in [6.45, 7) is 10.0. The molecule has 0 aliphatic rings. The van der Waals surface area contributed by atoms with Crippen molar-refractivity contribution < 1.29 is 9.59 Å². The second-order valence-corrected chi connectivity index (χ2v) is 7.76. The van der Waals surface area contributed by atoms with Crippen LogP contribution in [-0.4, -0.2) is 22.6 Å². The molecule has 1 aromatic heterocycles. The lowest BCUT2D eigenvalue weighted by Gasteiger charge is -2.13. The summed E-state index contributed by atoms with van der Waals surface area (Å²) in [5.74, 6) is -1.53. The number of rotatable bonds is 5. The molecular weight excluding hydrogens is 388 g/mol. The molecule has 0 saturated carbocycles. The zero-order valence-corrected chi connectivity index (χ0v) is 18.6. The number of aryl methyl sites for hydroxylation is 3. The summed E-state index contributed by atoms with van der Waals surface area (Å²) in [6.07, 6.45) is 1.57. The van der Waals surface area contributed by atoms with Crippen molar-refractivity contribution in [3.8, 4) is 5.69 Å². The number of nitrogens with zero attached hydrogens (tertiary/aromatic N) is 2. The zero-order chi connectivity index (χ0) is 22.5. The maximum atomic E-state index is 12.1. The van der Waals surface area contributed by atoms with Crippen LogP contribution in [0.15, 0.2) is 59.7 Å². The third kappa shape index (κ3) is 5.09. The highest BCUT2D eigenvalue weighted by molar-refractivity contribution is 6.35. The second-order valence-electron chi connectivity index (χ2n) is 7.76. The van der Waals surface area contributed by atoms with Gasteiger partial charge in [0.15, 0.2) is 0 Å². The number of carbonyl (C=O) groups excluding carboxylic acids is 2. The molecule has 0 aliphatic carbocycles. The molecule has 0 fully saturated rings. The molecule has 0 saturated heterocycles. The van der Waals surface area contributed by atoms with Gasteiger partial charge >= 0.3 is 11.8 Å². The van der Waals surface area contributed by atoms with Gasteiger partial charge in [0.1, 0.15) is 0 Å². The number of hydrogen-bond donors (Lipinski definition) is 2. The molecule has 6 heteroatoms. The van der Waals surface area contributed by atoms with Crippen molar-refractivity contribution in [2.45, 2.75) is 40.7 Å². The number of amides is 2. The minimum Gasteiger partial charge on any atom is -0.341 e. The Morgan fingerprint density at radius 3 is 2.39 bits per heavy atom. The van der Waals surface area contributed by atoms with Gasteiger partial charge in [-0.25, -0.2) is 5.43 Å². The highest BCUT2D eigenvalue weighted by Crippen LogP contribution is 2.23. The smallest absolute Gasteiger partial charge is 0.329 e. The van der Waals surface area contributed by atoms with Crippen LogP contribution in [0.3, 0.4) is 0 Å². The standard InChI is InChI=1S/C25H28N4O2/c1-16-11-12-17(2)23(13-16)29-18(3)14-22(20(29)5)15-26-28-25(31)24(30)27-19(4)21-9-7-6-8-10-21/h6-15,19H,1-5H3,(H,27,30)(H,28,31)/b26-15-/t19-/m1/s1. The molecule has 1 atom stereocenters. The molecule has 2 aromatic carbocycles. The van der Waals surface area contributed by atoms with E-state index in [2.05, 4.69) is 52.5 Å². The van der Waals surface area contributed by atoms with Gasteiger partial charge in [-0.1, -0.05) is 42.5 Å². The normalized spacial score (nSPS) is 12.0. The van der Waals surface area contributed by atoms with E-state index in [0.717, 1.165) is 28.2 Å². The van der Waals surface area contributed by atoms with Gasteiger partial charge in [-0.15, -0.1) is 0 Å². The number of hydrazone groups is 1. The Morgan fingerprint density at radius 1 is 0.968 bits per heavy atom. The molecule has 0 unspecified atom stereocenters. The monoisotopic (exact) mass is 416 g/mol. The van der Waals surface area contributed by atoms with Gasteiger partial charge < -0.3 is 9.88 Å². The summed E-state index contributed by atoms with van der Waals surface area (Å²) in [5.41, 5.74) is 9.66. The fraction of sp³-hybridized carbons (Fsp3) is 0.240. The van der Waals surface area contributed by atoms with E-state index in [9.17, 15) is 9.59 Å². The second kappa shape index (κ2) is 9.43. The van der Waals surface area contributed by atoms with E-state index in [4.69, 9.17) is 0 Å². The average molecular weight is 417 g/mol. The van der Waals surface area contributed by atoms with Gasteiger partial charge in [0.25, 0.3) is 0 Å². The third-order valence-electron chi connectivity index (χ3n) is 5.30. The van der Waals surface area contributed by atoms with E-state index in [1.165, 1.54) is 11.1 Å². The largest absolute Gasteiger partial charge is 0.341 e. The van der Waals surface area contributed by atoms with Crippen LogP contribution in [-0.2, 0) is 9.59 Å². The average Bonchev–Trinajstić information content (AvgIpc) is 3.03. The first-order chi connectivity index (χ1) is 14.8. The first kappa shape index (κ1) is 22.0. The summed E-state index contributed by atoms with van der Waals surface area (Å²) in [5, 5.41) is 6.67. The predicted octanol–water partition coefficient (Wildman–Crippen LogP) is 4.04. The molecule has 0 aliphatic heterocycles. The molecular formula is C25H28N4O2. The minimum absolute atomic E-state index is 0.278. The summed E-state index contributed by atoms with van der Waals surface area (Å²) in [6, 6.07) is 17.5. The van der Waals surface area contributed by atoms with Crippen molar-refractivity contribution in [2.75, 3.05) is 0 Å². The molecule has 6 nitrogen and oxygen atoms in total. The van der Waals surface area contributed by atoms with E-state index in [1.807, 2.05) is 57.2 Å². The zero-order valence-electron chi connectivity index (χ0n) is 18.6. The fourth-order valence-electron chi connectivity index (χ4n) is 3.55. The third-order valence-corrected chi connectivity index (χ3v) is 5.30. The summed E-state index contributed by atoms with van der Waals surface area (Å²) < 4.78 is 2.17. The minimum atomic E-state index is -0.803. The van der Waals surface area contributed by atoms with Crippen LogP contribution in [0.4, 0.5) is 0 Å². The number of hydrogen-bond acceptors (Lipinski definition) is 3. The Hall–Kier alpha value is -3.67. The molecule has 0 radical (unpaired) electrons. The van der Waals surface area contributed by atoms with Gasteiger partial charge in [0.05, 0.1) is 12.3 Å². The van der Waals surface area contributed by atoms with Gasteiger partial charge in [-0.2, -0.15) is 5.10 Å². The Kier molecular flexibility index (Phi) is 6.70. The molecule has 1 heterocycles. The van der Waals surface area contributed by atoms with Crippen molar-refractivity contribution in [1.29, 1.82) is 0 Å². The SMILES string of the molecule is Cc1ccc(C)c(-n2c(C)cc(/C=N\NC(=O)C(=O)N[C@H](C)c3ccccc3)c2C)c1. The predicted molar refractivity (Wildman–Crippen MR) is 123 cm³/mol. The summed E-state index contributed by atoms with van der Waals surface area (Å²) in [7, 11) is 0. The number of nitrogens with one attached hydrogen (secondary N) is 2. The van der Waals surface area contributed by atoms with Crippen molar-refractivity contribution in [2.24, 2.45) is 5.10 Å². The number of aromatic nitrogens is 1. The van der Waals surface area contributed by atoms with Gasteiger partial charge in [-0.3, -0.25) is 9.59 Å². The first-order valence-corrected chi connectivity index (χ1v) is 10.2. The number of benzene rings is 2. The van der Waals surface area contributed by atoms with E-state index in [-0.39, 0.29) is 6.04 Å². The summed E-state index contributed by atoms with van der Waals surface area (Å²) in [4.78, 5) is 24.3. The van der Waals surface area contributed by atoms with Crippen molar-refractivity contribution in [3.63, 3.8) is 0 Å². The van der Waals surface area contributed by atoms with Crippen LogP contribution in [0.2, 0.25) is 0 Å². The molecule has 0 bridgehead atoms. The van der Waals surface area contributed by atoms with Gasteiger partial charge in [0.2, 0.25) is 0 Å². The topological polar surface area (TPSA) is 75.5 Å². The molecule has 2 N–H and O–H groups in total. The Labute approximate surface area is 183 Å². The molecule has 160 valence electrons. The van der Waals surface area contributed by atoms with Crippen molar-refractivity contribution in [3.05, 3.63) is 88.2 Å². The maximum Gasteiger partial charge on any atom is 0.329 e. The first-order valence-electron chi connectivity index (χ1n) is 10.2. The summed E-state index contributed by atoms with van der Waals surface area (Å²) >= 11 is 0. The molecule has 31 heavy (non-hydrogen) atoms. The fourth-order valence-corrected chi connectivity index (χ4v) is 3.55. The Bertz CT molecular complexity index is 1130. The van der Waals surface area contributed by atoms with Crippen molar-refractivity contribution >= 4 is 18.0 Å². The van der Waals surface area contributed by atoms with Crippen molar-refractivity contribution in [1.82, 2.24) is 15.3 Å². The van der Waals surface area contributed by atoms with Gasteiger partial charge in [-0.05, 0) is 63.4 Å². The Morgan fingerprint density at radius 2 is 1.68 bits per heavy atom. The molecule has 0 spiro atoms. The quantitative estimate of drug-likeness (QED) is 0.374.